The molecule has 0 N–H and O–H groups in total. The first-order valence-electron chi connectivity index (χ1n) is 9.01. The van der Waals surface area contributed by atoms with Crippen molar-refractivity contribution in [2.24, 2.45) is 0 Å². The van der Waals surface area contributed by atoms with E-state index in [0.717, 1.165) is 24.3 Å². The Morgan fingerprint density at radius 1 is 1.26 bits per heavy atom. The van der Waals surface area contributed by atoms with Gasteiger partial charge in [-0.1, -0.05) is 11.6 Å². The van der Waals surface area contributed by atoms with Crippen molar-refractivity contribution in [1.82, 2.24) is 0 Å². The number of ether oxygens (including phenoxy) is 3. The number of carbonyl (C=O) groups excluding carboxylic acids is 1. The van der Waals surface area contributed by atoms with Crippen LogP contribution in [0.25, 0.3) is 0 Å². The average molecular weight is 389 g/mol. The molecule has 1 atom stereocenters. The monoisotopic (exact) mass is 388 g/mol. The number of methoxy groups -OCH3 is 1. The van der Waals surface area contributed by atoms with Gasteiger partial charge in [-0.05, 0) is 35.9 Å². The smallest absolute Gasteiger partial charge is 0.231 e. The van der Waals surface area contributed by atoms with Gasteiger partial charge in [0.15, 0.2) is 17.3 Å². The molecule has 1 unspecified atom stereocenters. The second-order valence-electron chi connectivity index (χ2n) is 7.62. The van der Waals surface area contributed by atoms with Crippen LogP contribution in [0.15, 0.2) is 30.3 Å². The van der Waals surface area contributed by atoms with Gasteiger partial charge in [-0.25, -0.2) is 0 Å². The van der Waals surface area contributed by atoms with E-state index in [1.54, 1.807) is 31.4 Å². The molecule has 0 amide bonds. The van der Waals surface area contributed by atoms with Crippen molar-refractivity contribution in [2.45, 2.75) is 18.9 Å². The minimum absolute atomic E-state index is 0.0265. The molecular weight excluding hydrogens is 366 g/mol. The Balaban J connectivity index is 1.76. The number of carbonyl (C=O) groups is 1. The SMILES string of the molecule is COc1c2c(cc3c1C(CC(=O)c1ccc(Cl)cc1)[N+](C)(C)CC3)OCO2. The lowest BCUT2D eigenvalue weighted by Crippen LogP contribution is -2.48. The number of rotatable bonds is 4. The molecule has 0 radical (unpaired) electrons. The summed E-state index contributed by atoms with van der Waals surface area (Å²) in [5.74, 6) is 2.15. The summed E-state index contributed by atoms with van der Waals surface area (Å²) in [7, 11) is 5.96. The normalized spacial score (nSPS) is 19.5. The summed E-state index contributed by atoms with van der Waals surface area (Å²) >= 11 is 5.96. The Bertz CT molecular complexity index is 892. The number of benzene rings is 2. The Labute approximate surface area is 164 Å². The predicted octanol–water partition coefficient (Wildman–Crippen LogP) is 4.02. The molecule has 142 valence electrons. The van der Waals surface area contributed by atoms with Gasteiger partial charge in [0, 0.05) is 17.0 Å². The number of hydrogen-bond donors (Lipinski definition) is 0. The maximum absolute atomic E-state index is 13.0. The molecule has 27 heavy (non-hydrogen) atoms. The summed E-state index contributed by atoms with van der Waals surface area (Å²) in [6, 6.07) is 9.08. The van der Waals surface area contributed by atoms with Crippen molar-refractivity contribution in [3.8, 4) is 17.2 Å². The molecule has 0 saturated heterocycles. The number of likely N-dealkylation sites (N-methyl/N-ethyl adjacent to an activating group) is 1. The van der Waals surface area contributed by atoms with E-state index < -0.39 is 0 Å². The predicted molar refractivity (Wildman–Crippen MR) is 103 cm³/mol. The summed E-state index contributed by atoms with van der Waals surface area (Å²) in [6.07, 6.45) is 1.29. The second kappa shape index (κ2) is 6.73. The maximum atomic E-state index is 13.0. The van der Waals surface area contributed by atoms with Gasteiger partial charge in [-0.2, -0.15) is 0 Å². The van der Waals surface area contributed by atoms with E-state index in [0.29, 0.717) is 33.0 Å². The van der Waals surface area contributed by atoms with Gasteiger partial charge in [-0.3, -0.25) is 4.79 Å². The van der Waals surface area contributed by atoms with Crippen LogP contribution in [-0.4, -0.2) is 44.8 Å². The number of ketones is 1. The molecule has 0 spiro atoms. The zero-order chi connectivity index (χ0) is 19.2. The minimum Gasteiger partial charge on any atom is -0.492 e. The molecule has 2 aromatic carbocycles. The van der Waals surface area contributed by atoms with E-state index in [1.807, 2.05) is 6.07 Å². The van der Waals surface area contributed by atoms with E-state index >= 15 is 0 Å². The van der Waals surface area contributed by atoms with E-state index in [-0.39, 0.29) is 18.6 Å². The molecule has 0 saturated carbocycles. The van der Waals surface area contributed by atoms with E-state index in [2.05, 4.69) is 14.1 Å². The highest BCUT2D eigenvalue weighted by molar-refractivity contribution is 6.30. The van der Waals surface area contributed by atoms with Gasteiger partial charge in [0.2, 0.25) is 12.5 Å². The van der Waals surface area contributed by atoms with Crippen LogP contribution >= 0.6 is 11.6 Å². The van der Waals surface area contributed by atoms with Crippen LogP contribution in [0.2, 0.25) is 5.02 Å². The Morgan fingerprint density at radius 2 is 2.00 bits per heavy atom. The average Bonchev–Trinajstić information content (AvgIpc) is 3.11. The zero-order valence-electron chi connectivity index (χ0n) is 15.8. The van der Waals surface area contributed by atoms with E-state index in [9.17, 15) is 4.79 Å². The minimum atomic E-state index is -0.0265. The Hall–Kier alpha value is -2.24. The molecule has 0 fully saturated rings. The number of quaternary nitrogens is 1. The first kappa shape index (κ1) is 18.1. The summed E-state index contributed by atoms with van der Waals surface area (Å²) in [4.78, 5) is 13.0. The molecule has 4 rings (SSSR count). The van der Waals surface area contributed by atoms with Gasteiger partial charge in [-0.15, -0.1) is 0 Å². The third-order valence-electron chi connectivity index (χ3n) is 5.63. The lowest BCUT2D eigenvalue weighted by molar-refractivity contribution is -0.922. The third-order valence-corrected chi connectivity index (χ3v) is 5.88. The molecule has 2 aliphatic heterocycles. The first-order chi connectivity index (χ1) is 12.9. The zero-order valence-corrected chi connectivity index (χ0v) is 16.5. The van der Waals surface area contributed by atoms with E-state index in [4.69, 9.17) is 25.8 Å². The van der Waals surface area contributed by atoms with Crippen molar-refractivity contribution in [1.29, 1.82) is 0 Å². The molecule has 2 aromatic rings. The van der Waals surface area contributed by atoms with Gasteiger partial charge in [0.25, 0.3) is 0 Å². The van der Waals surface area contributed by atoms with Crippen LogP contribution in [0.4, 0.5) is 0 Å². The topological polar surface area (TPSA) is 44.8 Å². The molecule has 0 aromatic heterocycles. The third kappa shape index (κ3) is 3.15. The highest BCUT2D eigenvalue weighted by Crippen LogP contribution is 2.51. The number of nitrogens with zero attached hydrogens (tertiary/aromatic N) is 1. The van der Waals surface area contributed by atoms with Crippen LogP contribution in [0.5, 0.6) is 17.2 Å². The number of halogens is 1. The van der Waals surface area contributed by atoms with Crippen molar-refractivity contribution >= 4 is 17.4 Å². The molecule has 0 bridgehead atoms. The lowest BCUT2D eigenvalue weighted by atomic mass is 9.86. The summed E-state index contributed by atoms with van der Waals surface area (Å²) in [5, 5.41) is 0.625. The standard InChI is InChI=1S/C21H23ClNO4/c1-23(2)9-8-14-10-18-20(27-12-26-18)21(25-3)19(14)16(23)11-17(24)13-4-6-15(22)7-5-13/h4-7,10,16H,8-9,11-12H2,1-3H3/q+1. The summed E-state index contributed by atoms with van der Waals surface area (Å²) in [6.45, 7) is 1.13. The Kier molecular flexibility index (Phi) is 4.52. The van der Waals surface area contributed by atoms with Crippen LogP contribution in [-0.2, 0) is 6.42 Å². The van der Waals surface area contributed by atoms with Gasteiger partial charge < -0.3 is 18.7 Å². The number of fused-ring (bicyclic) bond motifs is 2. The first-order valence-corrected chi connectivity index (χ1v) is 9.39. The fraction of sp³-hybridized carbons (Fsp3) is 0.381. The molecule has 6 heteroatoms. The summed E-state index contributed by atoms with van der Waals surface area (Å²) < 4.78 is 17.7. The fourth-order valence-electron chi connectivity index (χ4n) is 4.04. The van der Waals surface area contributed by atoms with Crippen molar-refractivity contribution in [3.63, 3.8) is 0 Å². The molecule has 0 aliphatic carbocycles. The van der Waals surface area contributed by atoms with Crippen LogP contribution in [0.1, 0.15) is 33.9 Å². The second-order valence-corrected chi connectivity index (χ2v) is 8.06. The largest absolute Gasteiger partial charge is 0.492 e. The van der Waals surface area contributed by atoms with Gasteiger partial charge in [0.05, 0.1) is 39.7 Å². The fourth-order valence-corrected chi connectivity index (χ4v) is 4.17. The highest BCUT2D eigenvalue weighted by atomic mass is 35.5. The molecule has 5 nitrogen and oxygen atoms in total. The quantitative estimate of drug-likeness (QED) is 0.586. The van der Waals surface area contributed by atoms with Crippen LogP contribution in [0.3, 0.4) is 0 Å². The number of Topliss-reactive ketones (excluding diaryl/α,β-unsaturated/α-hetero) is 1. The van der Waals surface area contributed by atoms with Crippen LogP contribution < -0.4 is 14.2 Å². The van der Waals surface area contributed by atoms with Gasteiger partial charge >= 0.3 is 0 Å². The molecule has 2 heterocycles. The van der Waals surface area contributed by atoms with Crippen molar-refractivity contribution in [2.75, 3.05) is 34.5 Å². The lowest BCUT2D eigenvalue weighted by Gasteiger charge is -2.43. The van der Waals surface area contributed by atoms with E-state index in [1.165, 1.54) is 5.56 Å². The molecular formula is C21H23ClNO4+. The number of hydrogen-bond acceptors (Lipinski definition) is 4. The Morgan fingerprint density at radius 3 is 2.70 bits per heavy atom. The van der Waals surface area contributed by atoms with Crippen molar-refractivity contribution in [3.05, 3.63) is 52.0 Å². The maximum Gasteiger partial charge on any atom is 0.231 e. The van der Waals surface area contributed by atoms with Crippen molar-refractivity contribution < 1.29 is 23.5 Å². The highest BCUT2D eigenvalue weighted by Gasteiger charge is 2.42. The van der Waals surface area contributed by atoms with Crippen LogP contribution in [0, 0.1) is 0 Å². The summed E-state index contributed by atoms with van der Waals surface area (Å²) in [5.41, 5.74) is 2.90. The van der Waals surface area contributed by atoms with Gasteiger partial charge in [0.1, 0.15) is 6.04 Å². The molecule has 2 aliphatic rings.